The maximum atomic E-state index is 15.1. The molecule has 3 aromatic rings. The first-order chi connectivity index (χ1) is 16.5. The average Bonchev–Trinajstić information content (AvgIpc) is 3.38. The van der Waals surface area contributed by atoms with Crippen LogP contribution in [0, 0.1) is 17.7 Å². The van der Waals surface area contributed by atoms with Crippen LogP contribution in [-0.2, 0) is 14.3 Å². The lowest BCUT2D eigenvalue weighted by Gasteiger charge is -2.37. The Morgan fingerprint density at radius 1 is 1.18 bits per heavy atom. The highest BCUT2D eigenvalue weighted by Gasteiger charge is 2.54. The number of hydrogen-bond acceptors (Lipinski definition) is 6. The lowest BCUT2D eigenvalue weighted by Crippen LogP contribution is -2.41. The third-order valence-corrected chi connectivity index (χ3v) is 8.12. The Kier molecular flexibility index (Phi) is 4.95. The normalized spacial score (nSPS) is 26.5. The van der Waals surface area contributed by atoms with Crippen molar-refractivity contribution in [3.63, 3.8) is 0 Å². The first-order valence-corrected chi connectivity index (χ1v) is 12.3. The summed E-state index contributed by atoms with van der Waals surface area (Å²) in [6, 6.07) is 10.8. The van der Waals surface area contributed by atoms with E-state index < -0.39 is 17.8 Å². The Balaban J connectivity index is 1.51. The van der Waals surface area contributed by atoms with Crippen molar-refractivity contribution in [3.8, 4) is 5.75 Å². The fraction of sp³-hybridized carbons (Fsp3) is 0.346. The van der Waals surface area contributed by atoms with Gasteiger partial charge >= 0.3 is 0 Å². The zero-order chi connectivity index (χ0) is 23.6. The number of carbonyl (C=O) groups excluding carboxylic acids is 2. The van der Waals surface area contributed by atoms with Crippen LogP contribution in [0.5, 0.6) is 5.75 Å². The summed E-state index contributed by atoms with van der Waals surface area (Å²) in [6.07, 6.45) is 2.07. The predicted octanol–water partition coefficient (Wildman–Crippen LogP) is 5.19. The molecule has 1 amide bonds. The van der Waals surface area contributed by atoms with Gasteiger partial charge in [0.1, 0.15) is 23.7 Å². The van der Waals surface area contributed by atoms with Gasteiger partial charge < -0.3 is 9.47 Å². The number of halogens is 1. The van der Waals surface area contributed by atoms with Crippen LogP contribution in [0.15, 0.2) is 53.8 Å². The van der Waals surface area contributed by atoms with Gasteiger partial charge in [0.15, 0.2) is 16.7 Å². The highest BCUT2D eigenvalue weighted by Crippen LogP contribution is 2.50. The Morgan fingerprint density at radius 3 is 2.79 bits per heavy atom. The molecule has 6 rings (SSSR count). The molecule has 0 saturated heterocycles. The number of amides is 1. The van der Waals surface area contributed by atoms with Gasteiger partial charge in [0.25, 0.3) is 5.91 Å². The lowest BCUT2D eigenvalue weighted by molar-refractivity contribution is -0.132. The SMILES string of the molecule is COc1ccc2nc(N3C(=O)C4=C(C(=O)C5CC(C)CCC5O4)C3c3ccccc3F)sc2c1. The van der Waals surface area contributed by atoms with Gasteiger partial charge in [-0.25, -0.2) is 9.37 Å². The van der Waals surface area contributed by atoms with E-state index in [1.165, 1.54) is 22.3 Å². The average molecular weight is 479 g/mol. The molecule has 1 aromatic heterocycles. The largest absolute Gasteiger partial charge is 0.497 e. The van der Waals surface area contributed by atoms with Gasteiger partial charge in [-0.15, -0.1) is 0 Å². The number of aromatic nitrogens is 1. The fourth-order valence-electron chi connectivity index (χ4n) is 5.39. The number of methoxy groups -OCH3 is 1. The van der Waals surface area contributed by atoms with E-state index in [4.69, 9.17) is 9.47 Å². The zero-order valence-electron chi connectivity index (χ0n) is 18.8. The minimum atomic E-state index is -0.920. The number of benzene rings is 2. The van der Waals surface area contributed by atoms with Gasteiger partial charge in [0.05, 0.1) is 28.8 Å². The van der Waals surface area contributed by atoms with Crippen LogP contribution in [0.4, 0.5) is 9.52 Å². The number of anilines is 1. The quantitative estimate of drug-likeness (QED) is 0.518. The molecule has 0 bridgehead atoms. The minimum Gasteiger partial charge on any atom is -0.497 e. The highest BCUT2D eigenvalue weighted by molar-refractivity contribution is 7.22. The molecule has 3 aliphatic rings. The van der Waals surface area contributed by atoms with Crippen LogP contribution < -0.4 is 9.64 Å². The number of thiazole rings is 1. The number of ether oxygens (including phenoxy) is 2. The molecular weight excluding hydrogens is 455 g/mol. The third kappa shape index (κ3) is 3.15. The second kappa shape index (κ2) is 7.91. The molecule has 4 unspecified atom stereocenters. The first kappa shape index (κ1) is 21.3. The molecule has 0 spiro atoms. The standard InChI is InChI=1S/C26H23FN2O4S/c1-13-7-10-19-16(11-13)23(30)21-22(15-5-3-4-6-17(15)27)29(25(31)24(21)33-19)26-28-18-9-8-14(32-2)12-20(18)34-26/h3-6,8-9,12-13,16,19,22H,7,10-11H2,1-2H3. The third-order valence-electron chi connectivity index (χ3n) is 7.10. The van der Waals surface area contributed by atoms with Crippen molar-refractivity contribution < 1.29 is 23.5 Å². The number of hydrogen-bond donors (Lipinski definition) is 0. The molecule has 1 fully saturated rings. The van der Waals surface area contributed by atoms with Crippen LogP contribution in [0.25, 0.3) is 10.2 Å². The molecule has 3 heterocycles. The lowest BCUT2D eigenvalue weighted by atomic mass is 9.74. The van der Waals surface area contributed by atoms with E-state index in [0.29, 0.717) is 28.7 Å². The van der Waals surface area contributed by atoms with Crippen molar-refractivity contribution >= 4 is 38.4 Å². The molecule has 8 heteroatoms. The second-order valence-corrected chi connectivity index (χ2v) is 10.2. The monoisotopic (exact) mass is 478 g/mol. The molecular formula is C26H23FN2O4S. The van der Waals surface area contributed by atoms with Crippen molar-refractivity contribution in [2.75, 3.05) is 12.0 Å². The van der Waals surface area contributed by atoms with Crippen molar-refractivity contribution in [2.45, 2.75) is 38.3 Å². The Bertz CT molecular complexity index is 1370. The second-order valence-electron chi connectivity index (χ2n) is 9.22. The van der Waals surface area contributed by atoms with Gasteiger partial charge in [-0.05, 0) is 49.4 Å². The van der Waals surface area contributed by atoms with Crippen LogP contribution >= 0.6 is 11.3 Å². The number of Topliss-reactive ketones (excluding diaryl/α,β-unsaturated/α-hetero) is 1. The highest BCUT2D eigenvalue weighted by atomic mass is 32.1. The Hall–Kier alpha value is -3.26. The van der Waals surface area contributed by atoms with E-state index >= 15 is 4.39 Å². The summed E-state index contributed by atoms with van der Waals surface area (Å²) < 4.78 is 27.4. The predicted molar refractivity (Wildman–Crippen MR) is 126 cm³/mol. The number of fused-ring (bicyclic) bond motifs is 2. The smallest absolute Gasteiger partial charge is 0.296 e. The van der Waals surface area contributed by atoms with Crippen molar-refractivity contribution in [2.24, 2.45) is 11.8 Å². The molecule has 1 aliphatic carbocycles. The van der Waals surface area contributed by atoms with E-state index in [9.17, 15) is 9.59 Å². The molecule has 0 radical (unpaired) electrons. The van der Waals surface area contributed by atoms with Gasteiger partial charge in [-0.3, -0.25) is 14.5 Å². The maximum Gasteiger partial charge on any atom is 0.296 e. The van der Waals surface area contributed by atoms with Crippen molar-refractivity contribution in [1.82, 2.24) is 4.98 Å². The molecule has 1 saturated carbocycles. The number of rotatable bonds is 3. The van der Waals surface area contributed by atoms with Crippen LogP contribution in [-0.4, -0.2) is 29.9 Å². The molecule has 174 valence electrons. The summed E-state index contributed by atoms with van der Waals surface area (Å²) in [5.41, 5.74) is 1.21. The minimum absolute atomic E-state index is 0.0471. The first-order valence-electron chi connectivity index (χ1n) is 11.4. The van der Waals surface area contributed by atoms with E-state index in [1.54, 1.807) is 31.4 Å². The Labute approximate surface area is 200 Å². The summed E-state index contributed by atoms with van der Waals surface area (Å²) in [5.74, 6) is -0.223. The van der Waals surface area contributed by atoms with Gasteiger partial charge in [0.2, 0.25) is 0 Å². The van der Waals surface area contributed by atoms with Crippen molar-refractivity contribution in [3.05, 3.63) is 65.2 Å². The van der Waals surface area contributed by atoms with E-state index in [0.717, 1.165) is 17.5 Å². The number of nitrogens with zero attached hydrogens (tertiary/aromatic N) is 2. The summed E-state index contributed by atoms with van der Waals surface area (Å²) in [7, 11) is 1.59. The summed E-state index contributed by atoms with van der Waals surface area (Å²) in [4.78, 5) is 33.6. The summed E-state index contributed by atoms with van der Waals surface area (Å²) >= 11 is 1.30. The topological polar surface area (TPSA) is 68.7 Å². The number of carbonyl (C=O) groups is 2. The summed E-state index contributed by atoms with van der Waals surface area (Å²) in [5, 5.41) is 0.392. The molecule has 2 aliphatic heterocycles. The van der Waals surface area contributed by atoms with Crippen molar-refractivity contribution in [1.29, 1.82) is 0 Å². The molecule has 34 heavy (non-hydrogen) atoms. The van der Waals surface area contributed by atoms with Crippen LogP contribution in [0.3, 0.4) is 0 Å². The van der Waals surface area contributed by atoms with Crippen LogP contribution in [0.2, 0.25) is 0 Å². The van der Waals surface area contributed by atoms with Gasteiger partial charge in [-0.2, -0.15) is 0 Å². The van der Waals surface area contributed by atoms with E-state index in [2.05, 4.69) is 11.9 Å². The van der Waals surface area contributed by atoms with Gasteiger partial charge in [0, 0.05) is 5.56 Å². The van der Waals surface area contributed by atoms with Gasteiger partial charge in [-0.1, -0.05) is 36.5 Å². The molecule has 0 N–H and O–H groups in total. The molecule has 2 aromatic carbocycles. The number of ketones is 1. The fourth-order valence-corrected chi connectivity index (χ4v) is 6.41. The Morgan fingerprint density at radius 2 is 2.00 bits per heavy atom. The van der Waals surface area contributed by atoms with E-state index in [-0.39, 0.29) is 34.7 Å². The summed E-state index contributed by atoms with van der Waals surface area (Å²) in [6.45, 7) is 2.13. The zero-order valence-corrected chi connectivity index (χ0v) is 19.6. The molecule has 4 atom stereocenters. The maximum absolute atomic E-state index is 15.1. The van der Waals surface area contributed by atoms with E-state index in [1.807, 2.05) is 12.1 Å². The van der Waals surface area contributed by atoms with Crippen LogP contribution in [0.1, 0.15) is 37.8 Å². The molecule has 6 nitrogen and oxygen atoms in total.